The van der Waals surface area contributed by atoms with Crippen LogP contribution in [0.15, 0.2) is 36.7 Å². The Morgan fingerprint density at radius 1 is 1.21 bits per heavy atom. The van der Waals surface area contributed by atoms with Gasteiger partial charge >= 0.3 is 0 Å². The summed E-state index contributed by atoms with van der Waals surface area (Å²) in [7, 11) is 0. The molecule has 1 aliphatic carbocycles. The third-order valence-corrected chi connectivity index (χ3v) is 3.21. The van der Waals surface area contributed by atoms with Crippen LogP contribution in [0.4, 0.5) is 10.2 Å². The molecular weight excluding hydrogens is 243 g/mol. The van der Waals surface area contributed by atoms with Crippen LogP contribution in [0.25, 0.3) is 0 Å². The van der Waals surface area contributed by atoms with E-state index in [-0.39, 0.29) is 11.9 Å². The lowest BCUT2D eigenvalue weighted by atomic mass is 10.1. The number of hydrogen-bond acceptors (Lipinski definition) is 4. The highest BCUT2D eigenvalue weighted by Crippen LogP contribution is 2.42. The summed E-state index contributed by atoms with van der Waals surface area (Å²) < 4.78 is 12.8. The van der Waals surface area contributed by atoms with Gasteiger partial charge in [0.1, 0.15) is 11.9 Å². The number of nitrogens with zero attached hydrogens (tertiary/aromatic N) is 3. The maximum absolute atomic E-state index is 12.8. The molecule has 2 aromatic rings. The van der Waals surface area contributed by atoms with E-state index in [9.17, 15) is 4.39 Å². The Morgan fingerprint density at radius 2 is 1.95 bits per heavy atom. The van der Waals surface area contributed by atoms with Gasteiger partial charge in [-0.1, -0.05) is 12.1 Å². The molecule has 1 N–H and O–H groups in total. The van der Waals surface area contributed by atoms with Crippen LogP contribution in [0.3, 0.4) is 0 Å². The first kappa shape index (κ1) is 11.6. The zero-order valence-corrected chi connectivity index (χ0v) is 10.0. The molecule has 1 saturated carbocycles. The zero-order chi connectivity index (χ0) is 13.2. The first-order valence-corrected chi connectivity index (χ1v) is 6.01. The molecule has 1 fully saturated rings. The lowest BCUT2D eigenvalue weighted by molar-refractivity contribution is 0.627. The molecule has 0 unspecified atom stereocenters. The van der Waals surface area contributed by atoms with Crippen LogP contribution in [-0.4, -0.2) is 16.0 Å². The maximum Gasteiger partial charge on any atom is 0.182 e. The smallest absolute Gasteiger partial charge is 0.182 e. The minimum Gasteiger partial charge on any atom is -0.364 e. The lowest BCUT2D eigenvalue weighted by Gasteiger charge is -2.05. The predicted octanol–water partition coefficient (Wildman–Crippen LogP) is 2.46. The van der Waals surface area contributed by atoms with Crippen molar-refractivity contribution in [1.29, 1.82) is 5.26 Å². The van der Waals surface area contributed by atoms with Crippen LogP contribution in [0.2, 0.25) is 0 Å². The number of hydrogen-bond donors (Lipinski definition) is 1. The van der Waals surface area contributed by atoms with Crippen LogP contribution >= 0.6 is 0 Å². The Bertz CT molecular complexity index is 633. The fourth-order valence-electron chi connectivity index (χ4n) is 2.13. The van der Waals surface area contributed by atoms with Gasteiger partial charge in [0.05, 0.1) is 0 Å². The van der Waals surface area contributed by atoms with Crippen molar-refractivity contribution in [2.24, 2.45) is 0 Å². The first-order valence-electron chi connectivity index (χ1n) is 6.01. The van der Waals surface area contributed by atoms with Gasteiger partial charge in [-0.15, -0.1) is 0 Å². The van der Waals surface area contributed by atoms with Crippen molar-refractivity contribution >= 4 is 5.82 Å². The summed E-state index contributed by atoms with van der Waals surface area (Å²) in [5, 5.41) is 12.1. The van der Waals surface area contributed by atoms with E-state index >= 15 is 0 Å². The standard InChI is InChI=1S/C14H11FN4/c15-10-3-1-9(2-4-10)11-7-12(11)19-14-13(8-16)17-5-6-18-14/h1-6,11-12H,7H2,(H,18,19)/t11-,12+/m0/s1. The Labute approximate surface area is 109 Å². The van der Waals surface area contributed by atoms with Crippen LogP contribution in [0, 0.1) is 17.1 Å². The quantitative estimate of drug-likeness (QED) is 0.913. The van der Waals surface area contributed by atoms with Crippen molar-refractivity contribution in [2.45, 2.75) is 18.4 Å². The summed E-state index contributed by atoms with van der Waals surface area (Å²) in [6.45, 7) is 0. The van der Waals surface area contributed by atoms with E-state index in [4.69, 9.17) is 5.26 Å². The van der Waals surface area contributed by atoms with E-state index < -0.39 is 0 Å². The molecule has 0 saturated heterocycles. The van der Waals surface area contributed by atoms with Gasteiger partial charge in [-0.25, -0.2) is 14.4 Å². The number of anilines is 1. The van der Waals surface area contributed by atoms with Crippen molar-refractivity contribution in [3.63, 3.8) is 0 Å². The molecule has 2 atom stereocenters. The second-order valence-electron chi connectivity index (χ2n) is 4.51. The number of nitrogens with one attached hydrogen (secondary N) is 1. The molecule has 0 aliphatic heterocycles. The summed E-state index contributed by atoms with van der Waals surface area (Å²) in [4.78, 5) is 8.07. The predicted molar refractivity (Wildman–Crippen MR) is 67.9 cm³/mol. The highest BCUT2D eigenvalue weighted by atomic mass is 19.1. The molecule has 0 radical (unpaired) electrons. The SMILES string of the molecule is N#Cc1nccnc1N[C@@H]1C[C@H]1c1ccc(F)cc1. The molecule has 0 bridgehead atoms. The van der Waals surface area contributed by atoms with E-state index in [0.717, 1.165) is 12.0 Å². The maximum atomic E-state index is 12.8. The average Bonchev–Trinajstić information content (AvgIpc) is 3.19. The van der Waals surface area contributed by atoms with Gasteiger partial charge in [0.25, 0.3) is 0 Å². The topological polar surface area (TPSA) is 61.6 Å². The summed E-state index contributed by atoms with van der Waals surface area (Å²) >= 11 is 0. The molecule has 0 spiro atoms. The van der Waals surface area contributed by atoms with Gasteiger partial charge in [0, 0.05) is 24.4 Å². The molecule has 1 heterocycles. The van der Waals surface area contributed by atoms with Crippen molar-refractivity contribution in [2.75, 3.05) is 5.32 Å². The molecule has 4 nitrogen and oxygen atoms in total. The Hall–Kier alpha value is -2.48. The summed E-state index contributed by atoms with van der Waals surface area (Å²) in [5.74, 6) is 0.628. The average molecular weight is 254 g/mol. The van der Waals surface area contributed by atoms with Crippen LogP contribution in [0.1, 0.15) is 23.6 Å². The Morgan fingerprint density at radius 3 is 2.68 bits per heavy atom. The van der Waals surface area contributed by atoms with Crippen molar-refractivity contribution in [3.8, 4) is 6.07 Å². The molecule has 0 amide bonds. The van der Waals surface area contributed by atoms with Gasteiger partial charge in [-0.2, -0.15) is 5.26 Å². The second-order valence-corrected chi connectivity index (χ2v) is 4.51. The van der Waals surface area contributed by atoms with Gasteiger partial charge in [0.2, 0.25) is 0 Å². The first-order chi connectivity index (χ1) is 9.28. The number of nitriles is 1. The second kappa shape index (κ2) is 4.65. The van der Waals surface area contributed by atoms with Crippen LogP contribution in [0.5, 0.6) is 0 Å². The molecule has 3 rings (SSSR count). The summed E-state index contributed by atoms with van der Waals surface area (Å²) in [6.07, 6.45) is 4.00. The minimum atomic E-state index is -0.227. The van der Waals surface area contributed by atoms with Crippen LogP contribution < -0.4 is 5.32 Å². The fraction of sp³-hybridized carbons (Fsp3) is 0.214. The monoisotopic (exact) mass is 254 g/mol. The molecule has 1 aromatic carbocycles. The van der Waals surface area contributed by atoms with E-state index in [1.165, 1.54) is 18.3 Å². The molecular formula is C14H11FN4. The highest BCUT2D eigenvalue weighted by Gasteiger charge is 2.39. The molecule has 1 aromatic heterocycles. The number of halogens is 1. The van der Waals surface area contributed by atoms with E-state index in [0.29, 0.717) is 17.4 Å². The lowest BCUT2D eigenvalue weighted by Crippen LogP contribution is -2.08. The summed E-state index contributed by atoms with van der Waals surface area (Å²) in [5.41, 5.74) is 1.40. The van der Waals surface area contributed by atoms with Gasteiger partial charge in [-0.3, -0.25) is 0 Å². The molecule has 19 heavy (non-hydrogen) atoms. The zero-order valence-electron chi connectivity index (χ0n) is 10.0. The van der Waals surface area contributed by atoms with E-state index in [2.05, 4.69) is 15.3 Å². The minimum absolute atomic E-state index is 0.227. The van der Waals surface area contributed by atoms with Gasteiger partial charge in [0.15, 0.2) is 11.5 Å². The molecule has 5 heteroatoms. The van der Waals surface area contributed by atoms with Crippen LogP contribution in [-0.2, 0) is 0 Å². The Kier molecular flexibility index (Phi) is 2.84. The van der Waals surface area contributed by atoms with Gasteiger partial charge < -0.3 is 5.32 Å². The van der Waals surface area contributed by atoms with Crippen molar-refractivity contribution < 1.29 is 4.39 Å². The van der Waals surface area contributed by atoms with Gasteiger partial charge in [-0.05, 0) is 24.1 Å². The van der Waals surface area contributed by atoms with E-state index in [1.807, 2.05) is 6.07 Å². The normalized spacial score (nSPS) is 20.6. The Balaban J connectivity index is 1.71. The number of benzene rings is 1. The third-order valence-electron chi connectivity index (χ3n) is 3.21. The fourth-order valence-corrected chi connectivity index (χ4v) is 2.13. The summed E-state index contributed by atoms with van der Waals surface area (Å²) in [6, 6.07) is 8.76. The van der Waals surface area contributed by atoms with E-state index in [1.54, 1.807) is 18.3 Å². The third kappa shape index (κ3) is 2.38. The highest BCUT2D eigenvalue weighted by molar-refractivity contribution is 5.50. The van der Waals surface area contributed by atoms with Crippen molar-refractivity contribution in [3.05, 3.63) is 53.7 Å². The molecule has 1 aliphatic rings. The number of aromatic nitrogens is 2. The largest absolute Gasteiger partial charge is 0.364 e. The van der Waals surface area contributed by atoms with Crippen molar-refractivity contribution in [1.82, 2.24) is 9.97 Å². The number of rotatable bonds is 3. The molecule has 94 valence electrons.